The fourth-order valence-electron chi connectivity index (χ4n) is 1.91. The van der Waals surface area contributed by atoms with Gasteiger partial charge in [0.25, 0.3) is 0 Å². The molecule has 1 saturated carbocycles. The lowest BCUT2D eigenvalue weighted by Gasteiger charge is -2.09. The minimum absolute atomic E-state index is 0.683. The van der Waals surface area contributed by atoms with Crippen LogP contribution in [0.2, 0.25) is 0 Å². The molecule has 3 rings (SSSR count). The van der Waals surface area contributed by atoms with Crippen LogP contribution in [0.3, 0.4) is 0 Å². The SMILES string of the molecule is CCc1ncc2cccc(NC3CC3)n12. The number of aromatic nitrogens is 2. The first kappa shape index (κ1) is 8.77. The van der Waals surface area contributed by atoms with Crippen LogP contribution in [0.5, 0.6) is 0 Å². The van der Waals surface area contributed by atoms with Gasteiger partial charge in [0.1, 0.15) is 11.6 Å². The van der Waals surface area contributed by atoms with Gasteiger partial charge in [-0.15, -0.1) is 0 Å². The zero-order valence-corrected chi connectivity index (χ0v) is 8.90. The van der Waals surface area contributed by atoms with Crippen molar-refractivity contribution in [3.05, 3.63) is 30.2 Å². The highest BCUT2D eigenvalue weighted by atomic mass is 15.1. The third-order valence-corrected chi connectivity index (χ3v) is 2.87. The molecule has 0 aromatic carbocycles. The Kier molecular flexibility index (Phi) is 1.91. The molecule has 0 unspecified atom stereocenters. The van der Waals surface area contributed by atoms with E-state index in [1.807, 2.05) is 6.20 Å². The molecule has 2 aromatic rings. The maximum absolute atomic E-state index is 4.43. The molecule has 78 valence electrons. The zero-order valence-electron chi connectivity index (χ0n) is 8.90. The standard InChI is InChI=1S/C12H15N3/c1-2-11-13-8-10-4-3-5-12(15(10)11)14-9-6-7-9/h3-5,8-9,14H,2,6-7H2,1H3. The van der Waals surface area contributed by atoms with Crippen LogP contribution in [0, 0.1) is 0 Å². The molecular formula is C12H15N3. The average molecular weight is 201 g/mol. The number of fused-ring (bicyclic) bond motifs is 1. The zero-order chi connectivity index (χ0) is 10.3. The highest BCUT2D eigenvalue weighted by Gasteiger charge is 2.21. The Morgan fingerprint density at radius 1 is 1.47 bits per heavy atom. The smallest absolute Gasteiger partial charge is 0.114 e. The number of hydrogen-bond acceptors (Lipinski definition) is 2. The van der Waals surface area contributed by atoms with Crippen LogP contribution in [0.4, 0.5) is 5.82 Å². The number of hydrogen-bond donors (Lipinski definition) is 1. The number of aryl methyl sites for hydroxylation is 1. The predicted octanol–water partition coefficient (Wildman–Crippen LogP) is 2.47. The van der Waals surface area contributed by atoms with Crippen molar-refractivity contribution in [2.75, 3.05) is 5.32 Å². The van der Waals surface area contributed by atoms with Crippen molar-refractivity contribution < 1.29 is 0 Å². The van der Waals surface area contributed by atoms with Gasteiger partial charge in [0.15, 0.2) is 0 Å². The molecule has 0 aliphatic heterocycles. The molecular weight excluding hydrogens is 186 g/mol. The molecule has 3 nitrogen and oxygen atoms in total. The van der Waals surface area contributed by atoms with Gasteiger partial charge in [0.2, 0.25) is 0 Å². The van der Waals surface area contributed by atoms with Crippen molar-refractivity contribution in [3.63, 3.8) is 0 Å². The summed E-state index contributed by atoms with van der Waals surface area (Å²) in [5, 5.41) is 3.54. The second-order valence-corrected chi connectivity index (χ2v) is 4.12. The molecule has 0 spiro atoms. The lowest BCUT2D eigenvalue weighted by molar-refractivity contribution is 0.926. The van der Waals surface area contributed by atoms with E-state index >= 15 is 0 Å². The summed E-state index contributed by atoms with van der Waals surface area (Å²) >= 11 is 0. The van der Waals surface area contributed by atoms with E-state index in [-0.39, 0.29) is 0 Å². The van der Waals surface area contributed by atoms with Crippen molar-refractivity contribution >= 4 is 11.3 Å². The van der Waals surface area contributed by atoms with Crippen molar-refractivity contribution in [2.45, 2.75) is 32.2 Å². The van der Waals surface area contributed by atoms with E-state index in [9.17, 15) is 0 Å². The highest BCUT2D eigenvalue weighted by molar-refractivity contribution is 5.55. The van der Waals surface area contributed by atoms with Crippen LogP contribution in [0.25, 0.3) is 5.52 Å². The van der Waals surface area contributed by atoms with E-state index < -0.39 is 0 Å². The van der Waals surface area contributed by atoms with Crippen LogP contribution >= 0.6 is 0 Å². The van der Waals surface area contributed by atoms with E-state index in [2.05, 4.69) is 39.8 Å². The molecule has 3 heteroatoms. The largest absolute Gasteiger partial charge is 0.368 e. The normalized spacial score (nSPS) is 15.8. The Bertz CT molecular complexity index is 483. The highest BCUT2D eigenvalue weighted by Crippen LogP contribution is 2.25. The van der Waals surface area contributed by atoms with Crippen LogP contribution in [0.15, 0.2) is 24.4 Å². The fraction of sp³-hybridized carbons (Fsp3) is 0.417. The fourth-order valence-corrected chi connectivity index (χ4v) is 1.91. The van der Waals surface area contributed by atoms with Crippen molar-refractivity contribution in [1.29, 1.82) is 0 Å². The van der Waals surface area contributed by atoms with Crippen LogP contribution in [-0.2, 0) is 6.42 Å². The van der Waals surface area contributed by atoms with E-state index in [1.165, 1.54) is 24.2 Å². The number of rotatable bonds is 3. The topological polar surface area (TPSA) is 29.3 Å². The average Bonchev–Trinajstić information content (AvgIpc) is 2.97. The first-order chi connectivity index (χ1) is 7.38. The van der Waals surface area contributed by atoms with Gasteiger partial charge in [-0.05, 0) is 25.0 Å². The van der Waals surface area contributed by atoms with Gasteiger partial charge in [-0.3, -0.25) is 4.40 Å². The number of anilines is 1. The lowest BCUT2D eigenvalue weighted by atomic mass is 10.3. The second-order valence-electron chi connectivity index (χ2n) is 4.12. The van der Waals surface area contributed by atoms with E-state index in [0.717, 1.165) is 12.2 Å². The molecule has 2 aromatic heterocycles. The molecule has 2 heterocycles. The maximum atomic E-state index is 4.43. The summed E-state index contributed by atoms with van der Waals surface area (Å²) in [6.45, 7) is 2.14. The maximum Gasteiger partial charge on any atom is 0.114 e. The van der Waals surface area contributed by atoms with Crippen LogP contribution in [0.1, 0.15) is 25.6 Å². The summed E-state index contributed by atoms with van der Waals surface area (Å²) in [4.78, 5) is 4.43. The molecule has 15 heavy (non-hydrogen) atoms. The number of pyridine rings is 1. The Labute approximate surface area is 89.1 Å². The van der Waals surface area contributed by atoms with Crippen molar-refractivity contribution in [1.82, 2.24) is 9.38 Å². The summed E-state index contributed by atoms with van der Waals surface area (Å²) in [7, 11) is 0. The Morgan fingerprint density at radius 3 is 3.07 bits per heavy atom. The summed E-state index contributed by atoms with van der Waals surface area (Å²) in [5.74, 6) is 2.32. The Morgan fingerprint density at radius 2 is 2.33 bits per heavy atom. The first-order valence-corrected chi connectivity index (χ1v) is 5.60. The van der Waals surface area contributed by atoms with E-state index in [1.54, 1.807) is 0 Å². The Hall–Kier alpha value is -1.51. The van der Waals surface area contributed by atoms with Crippen molar-refractivity contribution in [3.8, 4) is 0 Å². The minimum atomic E-state index is 0.683. The molecule has 1 aliphatic carbocycles. The molecule has 1 fully saturated rings. The summed E-state index contributed by atoms with van der Waals surface area (Å²) in [6, 6.07) is 7.00. The monoisotopic (exact) mass is 201 g/mol. The Balaban J connectivity index is 2.12. The molecule has 1 N–H and O–H groups in total. The molecule has 1 aliphatic rings. The van der Waals surface area contributed by atoms with Gasteiger partial charge in [-0.1, -0.05) is 13.0 Å². The van der Waals surface area contributed by atoms with Gasteiger partial charge < -0.3 is 5.32 Å². The van der Waals surface area contributed by atoms with Crippen LogP contribution < -0.4 is 5.32 Å². The predicted molar refractivity (Wildman–Crippen MR) is 61.2 cm³/mol. The van der Waals surface area contributed by atoms with Gasteiger partial charge in [0.05, 0.1) is 11.7 Å². The van der Waals surface area contributed by atoms with Gasteiger partial charge in [-0.25, -0.2) is 4.98 Å². The molecule has 0 radical (unpaired) electrons. The van der Waals surface area contributed by atoms with E-state index in [0.29, 0.717) is 6.04 Å². The minimum Gasteiger partial charge on any atom is -0.368 e. The van der Waals surface area contributed by atoms with Gasteiger partial charge >= 0.3 is 0 Å². The van der Waals surface area contributed by atoms with Crippen molar-refractivity contribution in [2.24, 2.45) is 0 Å². The molecule has 0 bridgehead atoms. The molecule has 0 atom stereocenters. The third kappa shape index (κ3) is 1.48. The van der Waals surface area contributed by atoms with Gasteiger partial charge in [0, 0.05) is 12.5 Å². The third-order valence-electron chi connectivity index (χ3n) is 2.87. The van der Waals surface area contributed by atoms with Crippen LogP contribution in [-0.4, -0.2) is 15.4 Å². The number of nitrogens with zero attached hydrogens (tertiary/aromatic N) is 2. The first-order valence-electron chi connectivity index (χ1n) is 5.60. The summed E-state index contributed by atoms with van der Waals surface area (Å²) < 4.78 is 2.22. The quantitative estimate of drug-likeness (QED) is 0.826. The molecule has 0 saturated heterocycles. The number of nitrogens with one attached hydrogen (secondary N) is 1. The van der Waals surface area contributed by atoms with E-state index in [4.69, 9.17) is 0 Å². The molecule has 0 amide bonds. The lowest BCUT2D eigenvalue weighted by Crippen LogP contribution is -2.07. The number of imidazole rings is 1. The van der Waals surface area contributed by atoms with Gasteiger partial charge in [-0.2, -0.15) is 0 Å². The second kappa shape index (κ2) is 3.26. The summed E-state index contributed by atoms with van der Waals surface area (Å²) in [5.41, 5.74) is 1.18. The summed E-state index contributed by atoms with van der Waals surface area (Å²) in [6.07, 6.45) is 5.51.